The van der Waals surface area contributed by atoms with Gasteiger partial charge in [0.1, 0.15) is 0 Å². The van der Waals surface area contributed by atoms with E-state index in [-0.39, 0.29) is 5.91 Å². The number of hydrogen-bond acceptors (Lipinski definition) is 3. The molecule has 0 aliphatic carbocycles. The number of benzene rings is 1. The number of rotatable bonds is 3. The van der Waals surface area contributed by atoms with Gasteiger partial charge < -0.3 is 16.0 Å². The Kier molecular flexibility index (Phi) is 3.64. The summed E-state index contributed by atoms with van der Waals surface area (Å²) in [6.45, 7) is 2.94. The van der Waals surface area contributed by atoms with Crippen LogP contribution in [-0.4, -0.2) is 37.5 Å². The number of hydrogen-bond donors (Lipinski definition) is 2. The normalized spacial score (nSPS) is 20.4. The van der Waals surface area contributed by atoms with E-state index < -0.39 is 0 Å². The molecule has 0 spiro atoms. The SMILES string of the molecule is CN1CCC(CNC(=O)c2cccc(N)c2)C1. The van der Waals surface area contributed by atoms with Crippen LogP contribution in [0.25, 0.3) is 0 Å². The van der Waals surface area contributed by atoms with Gasteiger partial charge in [0.25, 0.3) is 5.91 Å². The standard InChI is InChI=1S/C13H19N3O/c1-16-6-5-10(9-16)8-15-13(17)11-3-2-4-12(14)7-11/h2-4,7,10H,5-6,8-9,14H2,1H3,(H,15,17). The molecule has 4 heteroatoms. The minimum Gasteiger partial charge on any atom is -0.399 e. The zero-order valence-corrected chi connectivity index (χ0v) is 10.1. The summed E-state index contributed by atoms with van der Waals surface area (Å²) in [7, 11) is 2.11. The van der Waals surface area contributed by atoms with Crippen LogP contribution in [0.1, 0.15) is 16.8 Å². The van der Waals surface area contributed by atoms with Gasteiger partial charge >= 0.3 is 0 Å². The third-order valence-electron chi connectivity index (χ3n) is 3.19. The Labute approximate surface area is 102 Å². The fourth-order valence-electron chi connectivity index (χ4n) is 2.21. The molecule has 4 nitrogen and oxygen atoms in total. The number of nitrogens with zero attached hydrogens (tertiary/aromatic N) is 1. The zero-order valence-electron chi connectivity index (χ0n) is 10.1. The molecule has 0 aromatic heterocycles. The predicted octanol–water partition coefficient (Wildman–Crippen LogP) is 0.950. The number of amides is 1. The molecular weight excluding hydrogens is 214 g/mol. The van der Waals surface area contributed by atoms with Crippen molar-refractivity contribution >= 4 is 11.6 Å². The smallest absolute Gasteiger partial charge is 0.251 e. The van der Waals surface area contributed by atoms with Crippen LogP contribution < -0.4 is 11.1 Å². The highest BCUT2D eigenvalue weighted by molar-refractivity contribution is 5.94. The summed E-state index contributed by atoms with van der Waals surface area (Å²) >= 11 is 0. The van der Waals surface area contributed by atoms with Gasteiger partial charge in [-0.25, -0.2) is 0 Å². The van der Waals surface area contributed by atoms with Crippen LogP contribution in [0.3, 0.4) is 0 Å². The third kappa shape index (κ3) is 3.20. The van der Waals surface area contributed by atoms with Crippen LogP contribution in [0.5, 0.6) is 0 Å². The first-order chi connectivity index (χ1) is 8.15. The van der Waals surface area contributed by atoms with E-state index in [0.717, 1.165) is 26.1 Å². The lowest BCUT2D eigenvalue weighted by Crippen LogP contribution is -2.30. The number of likely N-dealkylation sites (tertiary alicyclic amines) is 1. The molecule has 1 aliphatic heterocycles. The topological polar surface area (TPSA) is 58.4 Å². The van der Waals surface area contributed by atoms with E-state index in [2.05, 4.69) is 17.3 Å². The van der Waals surface area contributed by atoms with Gasteiger partial charge in [-0.2, -0.15) is 0 Å². The summed E-state index contributed by atoms with van der Waals surface area (Å²) in [5.41, 5.74) is 6.91. The summed E-state index contributed by atoms with van der Waals surface area (Å²) < 4.78 is 0. The summed E-state index contributed by atoms with van der Waals surface area (Å²) in [5, 5.41) is 2.97. The minimum atomic E-state index is -0.0353. The molecule has 1 atom stereocenters. The number of carbonyl (C=O) groups is 1. The maximum absolute atomic E-state index is 11.9. The Morgan fingerprint density at radius 2 is 2.41 bits per heavy atom. The van der Waals surface area contributed by atoms with Crippen molar-refractivity contribution in [1.29, 1.82) is 0 Å². The Hall–Kier alpha value is -1.55. The summed E-state index contributed by atoms with van der Waals surface area (Å²) in [5.74, 6) is 0.539. The second-order valence-corrected chi connectivity index (χ2v) is 4.75. The van der Waals surface area contributed by atoms with Crippen LogP contribution in [0.15, 0.2) is 24.3 Å². The zero-order chi connectivity index (χ0) is 12.3. The van der Waals surface area contributed by atoms with Gasteiger partial charge in [0.05, 0.1) is 0 Å². The molecule has 1 aromatic carbocycles. The van der Waals surface area contributed by atoms with Crippen molar-refractivity contribution in [1.82, 2.24) is 10.2 Å². The largest absolute Gasteiger partial charge is 0.399 e. The van der Waals surface area contributed by atoms with E-state index in [1.54, 1.807) is 24.3 Å². The second kappa shape index (κ2) is 5.19. The first-order valence-corrected chi connectivity index (χ1v) is 5.97. The van der Waals surface area contributed by atoms with Crippen LogP contribution in [0.2, 0.25) is 0 Å². The van der Waals surface area contributed by atoms with E-state index in [4.69, 9.17) is 5.73 Å². The molecule has 1 heterocycles. The average molecular weight is 233 g/mol. The molecule has 1 saturated heterocycles. The van der Waals surface area contributed by atoms with Crippen LogP contribution in [0, 0.1) is 5.92 Å². The van der Waals surface area contributed by atoms with Crippen molar-refractivity contribution in [3.63, 3.8) is 0 Å². The molecule has 0 bridgehead atoms. The van der Waals surface area contributed by atoms with Crippen molar-refractivity contribution < 1.29 is 4.79 Å². The van der Waals surface area contributed by atoms with Crippen molar-refractivity contribution in [3.05, 3.63) is 29.8 Å². The molecule has 92 valence electrons. The minimum absolute atomic E-state index is 0.0353. The maximum atomic E-state index is 11.9. The quantitative estimate of drug-likeness (QED) is 0.764. The van der Waals surface area contributed by atoms with Gasteiger partial charge in [-0.05, 0) is 44.1 Å². The molecule has 1 amide bonds. The van der Waals surface area contributed by atoms with Crippen molar-refractivity contribution in [2.45, 2.75) is 6.42 Å². The summed E-state index contributed by atoms with van der Waals surface area (Å²) in [6.07, 6.45) is 1.16. The first kappa shape index (κ1) is 11.9. The van der Waals surface area contributed by atoms with Crippen LogP contribution in [-0.2, 0) is 0 Å². The number of anilines is 1. The molecule has 1 aromatic rings. The van der Waals surface area contributed by atoms with Crippen molar-refractivity contribution in [3.8, 4) is 0 Å². The fraction of sp³-hybridized carbons (Fsp3) is 0.462. The maximum Gasteiger partial charge on any atom is 0.251 e. The van der Waals surface area contributed by atoms with E-state index in [1.165, 1.54) is 0 Å². The Balaban J connectivity index is 1.85. The van der Waals surface area contributed by atoms with Crippen molar-refractivity contribution in [2.75, 3.05) is 32.4 Å². The van der Waals surface area contributed by atoms with Crippen LogP contribution in [0.4, 0.5) is 5.69 Å². The monoisotopic (exact) mass is 233 g/mol. The lowest BCUT2D eigenvalue weighted by molar-refractivity contribution is 0.0947. The summed E-state index contributed by atoms with van der Waals surface area (Å²) in [4.78, 5) is 14.1. The predicted molar refractivity (Wildman–Crippen MR) is 68.8 cm³/mol. The molecule has 1 unspecified atom stereocenters. The number of nitrogens with two attached hydrogens (primary N) is 1. The molecular formula is C13H19N3O. The molecule has 2 rings (SSSR count). The molecule has 0 radical (unpaired) electrons. The van der Waals surface area contributed by atoms with Crippen LogP contribution >= 0.6 is 0 Å². The van der Waals surface area contributed by atoms with E-state index in [9.17, 15) is 4.79 Å². The Bertz CT molecular complexity index is 405. The molecule has 1 aliphatic rings. The van der Waals surface area contributed by atoms with Gasteiger partial charge in [0.15, 0.2) is 0 Å². The highest BCUT2D eigenvalue weighted by atomic mass is 16.1. The van der Waals surface area contributed by atoms with Gasteiger partial charge in [0, 0.05) is 24.3 Å². The molecule has 1 fully saturated rings. The van der Waals surface area contributed by atoms with E-state index >= 15 is 0 Å². The second-order valence-electron chi connectivity index (χ2n) is 4.75. The van der Waals surface area contributed by atoms with Gasteiger partial charge in [-0.3, -0.25) is 4.79 Å². The van der Waals surface area contributed by atoms with Gasteiger partial charge in [-0.15, -0.1) is 0 Å². The third-order valence-corrected chi connectivity index (χ3v) is 3.19. The summed E-state index contributed by atoms with van der Waals surface area (Å²) in [6, 6.07) is 7.07. The highest BCUT2D eigenvalue weighted by Crippen LogP contribution is 2.13. The molecule has 0 saturated carbocycles. The van der Waals surface area contributed by atoms with E-state index in [1.807, 2.05) is 0 Å². The number of nitrogen functional groups attached to an aromatic ring is 1. The molecule has 3 N–H and O–H groups in total. The lowest BCUT2D eigenvalue weighted by atomic mass is 10.1. The van der Waals surface area contributed by atoms with Crippen molar-refractivity contribution in [2.24, 2.45) is 5.92 Å². The van der Waals surface area contributed by atoms with Gasteiger partial charge in [0.2, 0.25) is 0 Å². The highest BCUT2D eigenvalue weighted by Gasteiger charge is 2.19. The lowest BCUT2D eigenvalue weighted by Gasteiger charge is -2.11. The van der Waals surface area contributed by atoms with E-state index in [0.29, 0.717) is 17.2 Å². The Morgan fingerprint density at radius 3 is 3.06 bits per heavy atom. The first-order valence-electron chi connectivity index (χ1n) is 5.97. The van der Waals surface area contributed by atoms with Gasteiger partial charge in [-0.1, -0.05) is 6.07 Å². The number of carbonyl (C=O) groups excluding carboxylic acids is 1. The number of nitrogens with one attached hydrogen (secondary N) is 1. The Morgan fingerprint density at radius 1 is 1.59 bits per heavy atom. The average Bonchev–Trinajstić information content (AvgIpc) is 2.72. The fourth-order valence-corrected chi connectivity index (χ4v) is 2.21. The molecule has 17 heavy (non-hydrogen) atoms.